The first kappa shape index (κ1) is 9.91. The van der Waals surface area contributed by atoms with E-state index >= 15 is 0 Å². The number of aromatic nitrogens is 1. The van der Waals surface area contributed by atoms with Crippen molar-refractivity contribution in [3.63, 3.8) is 0 Å². The quantitative estimate of drug-likeness (QED) is 0.766. The van der Waals surface area contributed by atoms with E-state index in [0.717, 1.165) is 0 Å². The fourth-order valence-corrected chi connectivity index (χ4v) is 1.20. The average molecular weight is 202 g/mol. The molecule has 0 aliphatic rings. The molecular weight excluding hydrogens is 192 g/mol. The van der Waals surface area contributed by atoms with E-state index in [9.17, 15) is 9.00 Å². The molecule has 0 aromatic carbocycles. The van der Waals surface area contributed by atoms with Gasteiger partial charge in [-0.25, -0.2) is 0 Å². The number of nitrogens with one attached hydrogen (secondary N) is 1. The summed E-state index contributed by atoms with van der Waals surface area (Å²) in [5, 5.41) is 5.97. The minimum atomic E-state index is -0.934. The first-order valence-electron chi connectivity index (χ1n) is 3.68. The fraction of sp³-hybridized carbons (Fsp3) is 0.429. The average Bonchev–Trinajstić information content (AvgIpc) is 2.53. The van der Waals surface area contributed by atoms with Gasteiger partial charge in [0, 0.05) is 29.2 Å². The van der Waals surface area contributed by atoms with Gasteiger partial charge in [0.25, 0.3) is 0 Å². The van der Waals surface area contributed by atoms with Gasteiger partial charge >= 0.3 is 0 Å². The number of hydrogen-bond donors (Lipinski definition) is 1. The third-order valence-corrected chi connectivity index (χ3v) is 2.11. The lowest BCUT2D eigenvalue weighted by molar-refractivity contribution is -0.115. The molecule has 0 aliphatic heterocycles. The molecule has 0 saturated heterocycles. The first-order valence-corrected chi connectivity index (χ1v) is 5.40. The van der Waals surface area contributed by atoms with Gasteiger partial charge < -0.3 is 9.84 Å². The van der Waals surface area contributed by atoms with Gasteiger partial charge in [-0.15, -0.1) is 0 Å². The molecule has 13 heavy (non-hydrogen) atoms. The second-order valence-electron chi connectivity index (χ2n) is 2.49. The van der Waals surface area contributed by atoms with E-state index in [1.807, 2.05) is 0 Å². The van der Waals surface area contributed by atoms with E-state index < -0.39 is 10.8 Å². The highest BCUT2D eigenvalue weighted by atomic mass is 32.2. The molecule has 1 heterocycles. The second kappa shape index (κ2) is 4.76. The van der Waals surface area contributed by atoms with Crippen LogP contribution in [0.5, 0.6) is 0 Å². The third-order valence-electron chi connectivity index (χ3n) is 1.33. The summed E-state index contributed by atoms with van der Waals surface area (Å²) in [5.74, 6) is 0.190. The normalized spacial score (nSPS) is 12.4. The van der Waals surface area contributed by atoms with Crippen LogP contribution in [-0.2, 0) is 15.6 Å². The van der Waals surface area contributed by atoms with Crippen LogP contribution in [0.3, 0.4) is 0 Å². The highest BCUT2D eigenvalue weighted by Gasteiger charge is 2.04. The highest BCUT2D eigenvalue weighted by molar-refractivity contribution is 7.84. The van der Waals surface area contributed by atoms with Crippen LogP contribution >= 0.6 is 0 Å². The van der Waals surface area contributed by atoms with Gasteiger partial charge in [0.15, 0.2) is 0 Å². The van der Waals surface area contributed by atoms with E-state index in [-0.39, 0.29) is 12.3 Å². The third kappa shape index (κ3) is 3.84. The number of carbonyl (C=O) groups excluding carboxylic acids is 1. The molecule has 1 unspecified atom stereocenters. The van der Waals surface area contributed by atoms with Crippen molar-refractivity contribution in [3.8, 4) is 0 Å². The molecule has 0 radical (unpaired) electrons. The molecule has 1 atom stereocenters. The van der Waals surface area contributed by atoms with Crippen molar-refractivity contribution in [1.82, 2.24) is 5.16 Å². The van der Waals surface area contributed by atoms with E-state index in [1.165, 1.54) is 12.5 Å². The summed E-state index contributed by atoms with van der Waals surface area (Å²) in [6.45, 7) is 0. The van der Waals surface area contributed by atoms with E-state index in [4.69, 9.17) is 0 Å². The summed E-state index contributed by atoms with van der Waals surface area (Å²) in [4.78, 5) is 11.1. The van der Waals surface area contributed by atoms with Gasteiger partial charge in [-0.3, -0.25) is 9.00 Å². The molecule has 1 amide bonds. The lowest BCUT2D eigenvalue weighted by Crippen LogP contribution is -2.13. The Bertz CT molecular complexity index is 297. The minimum Gasteiger partial charge on any atom is -0.363 e. The summed E-state index contributed by atoms with van der Waals surface area (Å²) in [6.07, 6.45) is 4.54. The molecule has 5 nitrogen and oxygen atoms in total. The van der Waals surface area contributed by atoms with Gasteiger partial charge in [0.2, 0.25) is 5.91 Å². The van der Waals surface area contributed by atoms with Gasteiger partial charge in [-0.2, -0.15) is 0 Å². The molecule has 0 saturated carbocycles. The van der Waals surface area contributed by atoms with E-state index in [1.54, 1.807) is 6.26 Å². The Kier molecular flexibility index (Phi) is 3.63. The summed E-state index contributed by atoms with van der Waals surface area (Å²) >= 11 is 0. The molecule has 0 fully saturated rings. The summed E-state index contributed by atoms with van der Waals surface area (Å²) in [5.41, 5.74) is 0.520. The van der Waals surface area contributed by atoms with Crippen LogP contribution in [0.15, 0.2) is 17.0 Å². The largest absolute Gasteiger partial charge is 0.363 e. The standard InChI is InChI=1S/C7H10N2O3S/c1-13(11)3-2-7(10)9-6-4-8-12-5-6/h4-5H,2-3H2,1H3,(H,9,10). The number of rotatable bonds is 4. The summed E-state index contributed by atoms with van der Waals surface area (Å²) in [7, 11) is -0.934. The Morgan fingerprint density at radius 1 is 1.77 bits per heavy atom. The Labute approximate surface area is 77.9 Å². The van der Waals surface area contributed by atoms with Crippen LogP contribution in [0.1, 0.15) is 6.42 Å². The van der Waals surface area contributed by atoms with Crippen LogP contribution in [0.4, 0.5) is 5.69 Å². The van der Waals surface area contributed by atoms with Crippen molar-refractivity contribution in [3.05, 3.63) is 12.5 Å². The maximum absolute atomic E-state index is 11.1. The number of anilines is 1. The minimum absolute atomic E-state index is 0.182. The highest BCUT2D eigenvalue weighted by Crippen LogP contribution is 2.03. The van der Waals surface area contributed by atoms with Gasteiger partial charge in [-0.1, -0.05) is 5.16 Å². The molecule has 1 N–H and O–H groups in total. The Morgan fingerprint density at radius 2 is 2.54 bits per heavy atom. The summed E-state index contributed by atoms with van der Waals surface area (Å²) < 4.78 is 15.2. The number of carbonyl (C=O) groups is 1. The van der Waals surface area contributed by atoms with Crippen LogP contribution < -0.4 is 5.32 Å². The fourth-order valence-electron chi connectivity index (χ4n) is 0.727. The molecule has 72 valence electrons. The first-order chi connectivity index (χ1) is 6.18. The summed E-state index contributed by atoms with van der Waals surface area (Å²) in [6, 6.07) is 0. The monoisotopic (exact) mass is 202 g/mol. The lowest BCUT2D eigenvalue weighted by Gasteiger charge is -1.98. The molecule has 1 aromatic heterocycles. The van der Waals surface area contributed by atoms with Crippen LogP contribution in [0, 0.1) is 0 Å². The maximum atomic E-state index is 11.1. The molecule has 0 spiro atoms. The van der Waals surface area contributed by atoms with Crippen molar-refractivity contribution in [2.45, 2.75) is 6.42 Å². The second-order valence-corrected chi connectivity index (χ2v) is 4.04. The Hall–Kier alpha value is -1.17. The van der Waals surface area contributed by atoms with Crippen molar-refractivity contribution < 1.29 is 13.5 Å². The zero-order valence-electron chi connectivity index (χ0n) is 7.15. The number of hydrogen-bond acceptors (Lipinski definition) is 4. The molecule has 0 aliphatic carbocycles. The SMILES string of the molecule is CS(=O)CCC(=O)Nc1cnoc1. The predicted molar refractivity (Wildman–Crippen MR) is 48.7 cm³/mol. The van der Waals surface area contributed by atoms with Crippen molar-refractivity contribution in [2.75, 3.05) is 17.3 Å². The van der Waals surface area contributed by atoms with Crippen molar-refractivity contribution >= 4 is 22.4 Å². The molecule has 0 bridgehead atoms. The van der Waals surface area contributed by atoms with Crippen molar-refractivity contribution in [1.29, 1.82) is 0 Å². The van der Waals surface area contributed by atoms with Gasteiger partial charge in [-0.05, 0) is 0 Å². The van der Waals surface area contributed by atoms with E-state index in [0.29, 0.717) is 11.4 Å². The Balaban J connectivity index is 2.30. The maximum Gasteiger partial charge on any atom is 0.225 e. The van der Waals surface area contributed by atoms with Crippen LogP contribution in [0.25, 0.3) is 0 Å². The topological polar surface area (TPSA) is 72.2 Å². The zero-order valence-corrected chi connectivity index (χ0v) is 7.97. The van der Waals surface area contributed by atoms with E-state index in [2.05, 4.69) is 15.0 Å². The van der Waals surface area contributed by atoms with Gasteiger partial charge in [0.1, 0.15) is 12.0 Å². The van der Waals surface area contributed by atoms with Crippen LogP contribution in [-0.4, -0.2) is 27.3 Å². The Morgan fingerprint density at radius 3 is 3.08 bits per heavy atom. The predicted octanol–water partition coefficient (Wildman–Crippen LogP) is 0.382. The number of nitrogens with zero attached hydrogens (tertiary/aromatic N) is 1. The molecule has 1 aromatic rings. The van der Waals surface area contributed by atoms with Crippen LogP contribution in [0.2, 0.25) is 0 Å². The molecule has 1 rings (SSSR count). The lowest BCUT2D eigenvalue weighted by atomic mass is 10.4. The smallest absolute Gasteiger partial charge is 0.225 e. The van der Waals surface area contributed by atoms with Gasteiger partial charge in [0.05, 0.1) is 6.20 Å². The number of amides is 1. The molecular formula is C7H10N2O3S. The van der Waals surface area contributed by atoms with Crippen molar-refractivity contribution in [2.24, 2.45) is 0 Å². The zero-order chi connectivity index (χ0) is 9.68. The molecule has 6 heteroatoms.